The zero-order chi connectivity index (χ0) is 13.8. The predicted molar refractivity (Wildman–Crippen MR) is 74.2 cm³/mol. The Bertz CT molecular complexity index is 570. The summed E-state index contributed by atoms with van der Waals surface area (Å²) in [4.78, 5) is 1.93. The normalized spacial score (nSPS) is 10.5. The summed E-state index contributed by atoms with van der Waals surface area (Å²) in [6.07, 6.45) is 0.425. The van der Waals surface area contributed by atoms with Crippen molar-refractivity contribution in [2.45, 2.75) is 6.42 Å². The number of likely N-dealkylation sites (N-methyl/N-ethyl adjacent to an activating group) is 1. The van der Waals surface area contributed by atoms with E-state index in [1.807, 2.05) is 36.2 Å². The van der Waals surface area contributed by atoms with Gasteiger partial charge >= 0.3 is 0 Å². The molecule has 0 spiro atoms. The monoisotopic (exact) mass is 262 g/mol. The molecule has 0 aliphatic heterocycles. The molecule has 2 aromatic rings. The number of hydrogen-bond acceptors (Lipinski definition) is 2. The van der Waals surface area contributed by atoms with Gasteiger partial charge in [-0.15, -0.1) is 0 Å². The third-order valence-electron chi connectivity index (χ3n) is 3.07. The molecule has 0 saturated heterocycles. The largest absolute Gasteiger partial charge is 0.397 e. The first-order valence-electron chi connectivity index (χ1n) is 6.07. The Morgan fingerprint density at radius 2 is 1.84 bits per heavy atom. The Kier molecular flexibility index (Phi) is 4.00. The Hall–Kier alpha value is -2.10. The summed E-state index contributed by atoms with van der Waals surface area (Å²) < 4.78 is 26.6. The van der Waals surface area contributed by atoms with Gasteiger partial charge in [-0.25, -0.2) is 8.78 Å². The van der Waals surface area contributed by atoms with E-state index < -0.39 is 5.82 Å². The molecule has 0 radical (unpaired) electrons. The Labute approximate surface area is 111 Å². The number of para-hydroxylation sites is 2. The molecule has 0 fully saturated rings. The smallest absolute Gasteiger partial charge is 0.126 e. The van der Waals surface area contributed by atoms with Crippen molar-refractivity contribution in [3.63, 3.8) is 0 Å². The van der Waals surface area contributed by atoms with E-state index in [2.05, 4.69) is 0 Å². The van der Waals surface area contributed by atoms with Gasteiger partial charge in [0.25, 0.3) is 0 Å². The maximum atomic E-state index is 13.5. The van der Waals surface area contributed by atoms with Gasteiger partial charge in [0.05, 0.1) is 11.4 Å². The molecule has 2 rings (SSSR count). The van der Waals surface area contributed by atoms with Crippen LogP contribution >= 0.6 is 0 Å². The number of hydrogen-bond donors (Lipinski definition) is 1. The lowest BCUT2D eigenvalue weighted by Crippen LogP contribution is -2.21. The molecule has 100 valence electrons. The molecule has 2 nitrogen and oxygen atoms in total. The van der Waals surface area contributed by atoms with E-state index in [1.165, 1.54) is 6.07 Å². The van der Waals surface area contributed by atoms with Gasteiger partial charge in [0.15, 0.2) is 0 Å². The van der Waals surface area contributed by atoms with Crippen LogP contribution in [0.15, 0.2) is 42.5 Å². The standard InChI is InChI=1S/C15H16F2N2/c1-19(15-5-3-2-4-14(15)18)9-8-11-10-12(16)6-7-13(11)17/h2-7,10H,8-9,18H2,1H3. The van der Waals surface area contributed by atoms with Gasteiger partial charge in [0.2, 0.25) is 0 Å². The highest BCUT2D eigenvalue weighted by Crippen LogP contribution is 2.21. The Morgan fingerprint density at radius 1 is 1.11 bits per heavy atom. The maximum absolute atomic E-state index is 13.5. The van der Waals surface area contributed by atoms with Crippen LogP contribution in [0.1, 0.15) is 5.56 Å². The molecule has 0 bridgehead atoms. The number of nitrogens with zero attached hydrogens (tertiary/aromatic N) is 1. The highest BCUT2D eigenvalue weighted by Gasteiger charge is 2.08. The molecular formula is C15H16F2N2. The number of halogens is 2. The molecule has 0 atom stereocenters. The van der Waals surface area contributed by atoms with Crippen LogP contribution in [0, 0.1) is 11.6 Å². The second-order valence-electron chi connectivity index (χ2n) is 4.47. The lowest BCUT2D eigenvalue weighted by Gasteiger charge is -2.21. The van der Waals surface area contributed by atoms with Crippen LogP contribution in [-0.2, 0) is 6.42 Å². The van der Waals surface area contributed by atoms with E-state index >= 15 is 0 Å². The minimum Gasteiger partial charge on any atom is -0.397 e. The van der Waals surface area contributed by atoms with E-state index in [9.17, 15) is 8.78 Å². The fourth-order valence-electron chi connectivity index (χ4n) is 1.98. The SMILES string of the molecule is CN(CCc1cc(F)ccc1F)c1ccccc1N. The number of benzene rings is 2. The molecule has 2 aromatic carbocycles. The number of nitrogens with two attached hydrogens (primary N) is 1. The molecular weight excluding hydrogens is 246 g/mol. The summed E-state index contributed by atoms with van der Waals surface area (Å²) in [5.74, 6) is -0.797. The van der Waals surface area contributed by atoms with Gasteiger partial charge in [-0.1, -0.05) is 12.1 Å². The van der Waals surface area contributed by atoms with Crippen LogP contribution in [0.5, 0.6) is 0 Å². The van der Waals surface area contributed by atoms with Gasteiger partial charge in [-0.2, -0.15) is 0 Å². The lowest BCUT2D eigenvalue weighted by molar-refractivity contribution is 0.584. The number of rotatable bonds is 4. The summed E-state index contributed by atoms with van der Waals surface area (Å²) in [6.45, 7) is 0.564. The van der Waals surface area contributed by atoms with Crippen LogP contribution in [0.25, 0.3) is 0 Å². The molecule has 0 aliphatic rings. The van der Waals surface area contributed by atoms with Crippen LogP contribution in [0.4, 0.5) is 20.2 Å². The molecule has 4 heteroatoms. The molecule has 2 N–H and O–H groups in total. The summed E-state index contributed by atoms with van der Waals surface area (Å²) >= 11 is 0. The summed E-state index contributed by atoms with van der Waals surface area (Å²) in [5.41, 5.74) is 7.80. The van der Waals surface area contributed by atoms with Crippen molar-refractivity contribution in [1.29, 1.82) is 0 Å². The van der Waals surface area contributed by atoms with Crippen molar-refractivity contribution in [2.75, 3.05) is 24.2 Å². The number of nitrogen functional groups attached to an aromatic ring is 1. The molecule has 19 heavy (non-hydrogen) atoms. The fourth-order valence-corrected chi connectivity index (χ4v) is 1.98. The van der Waals surface area contributed by atoms with E-state index in [-0.39, 0.29) is 5.82 Å². The van der Waals surface area contributed by atoms with Gasteiger partial charge in [0, 0.05) is 13.6 Å². The average Bonchev–Trinajstić information content (AvgIpc) is 2.40. The number of anilines is 2. The molecule has 0 heterocycles. The summed E-state index contributed by atoms with van der Waals surface area (Å²) in [5, 5.41) is 0. The first-order valence-corrected chi connectivity index (χ1v) is 6.07. The second kappa shape index (κ2) is 5.69. The molecule has 0 unspecified atom stereocenters. The molecule has 0 amide bonds. The third kappa shape index (κ3) is 3.22. The van der Waals surface area contributed by atoms with Gasteiger partial charge in [-0.3, -0.25) is 0 Å². The van der Waals surface area contributed by atoms with Crippen LogP contribution < -0.4 is 10.6 Å². The first kappa shape index (κ1) is 13.3. The third-order valence-corrected chi connectivity index (χ3v) is 3.07. The zero-order valence-corrected chi connectivity index (χ0v) is 10.7. The van der Waals surface area contributed by atoms with Crippen molar-refractivity contribution < 1.29 is 8.78 Å². The highest BCUT2D eigenvalue weighted by molar-refractivity contribution is 5.66. The maximum Gasteiger partial charge on any atom is 0.126 e. The van der Waals surface area contributed by atoms with Crippen LogP contribution in [0.3, 0.4) is 0 Å². The summed E-state index contributed by atoms with van der Waals surface area (Å²) in [7, 11) is 1.88. The lowest BCUT2D eigenvalue weighted by atomic mass is 10.1. The molecule has 0 aromatic heterocycles. The highest BCUT2D eigenvalue weighted by atomic mass is 19.1. The van der Waals surface area contributed by atoms with Crippen molar-refractivity contribution in [1.82, 2.24) is 0 Å². The predicted octanol–water partition coefficient (Wildman–Crippen LogP) is 3.23. The van der Waals surface area contributed by atoms with Gasteiger partial charge < -0.3 is 10.6 Å². The van der Waals surface area contributed by atoms with Crippen LogP contribution in [-0.4, -0.2) is 13.6 Å². The Morgan fingerprint density at radius 3 is 2.58 bits per heavy atom. The van der Waals surface area contributed by atoms with Crippen molar-refractivity contribution in [3.05, 3.63) is 59.7 Å². The van der Waals surface area contributed by atoms with Crippen molar-refractivity contribution >= 4 is 11.4 Å². The van der Waals surface area contributed by atoms with Crippen molar-refractivity contribution in [2.24, 2.45) is 0 Å². The zero-order valence-electron chi connectivity index (χ0n) is 10.7. The van der Waals surface area contributed by atoms with E-state index in [0.29, 0.717) is 24.2 Å². The molecule has 0 saturated carbocycles. The quantitative estimate of drug-likeness (QED) is 0.857. The summed E-state index contributed by atoms with van der Waals surface area (Å²) in [6, 6.07) is 11.0. The minimum atomic E-state index is -0.418. The minimum absolute atomic E-state index is 0.376. The van der Waals surface area contributed by atoms with Gasteiger partial charge in [0.1, 0.15) is 11.6 Å². The molecule has 0 aliphatic carbocycles. The van der Waals surface area contributed by atoms with E-state index in [4.69, 9.17) is 5.73 Å². The van der Waals surface area contributed by atoms with Gasteiger partial charge in [-0.05, 0) is 42.3 Å². The second-order valence-corrected chi connectivity index (χ2v) is 4.47. The average molecular weight is 262 g/mol. The van der Waals surface area contributed by atoms with Crippen LogP contribution in [0.2, 0.25) is 0 Å². The topological polar surface area (TPSA) is 29.3 Å². The van der Waals surface area contributed by atoms with E-state index in [1.54, 1.807) is 0 Å². The first-order chi connectivity index (χ1) is 9.08. The van der Waals surface area contributed by atoms with Crippen molar-refractivity contribution in [3.8, 4) is 0 Å². The Balaban J connectivity index is 2.06. The fraction of sp³-hybridized carbons (Fsp3) is 0.200. The van der Waals surface area contributed by atoms with E-state index in [0.717, 1.165) is 17.8 Å².